The van der Waals surface area contributed by atoms with Gasteiger partial charge < -0.3 is 10.1 Å². The highest BCUT2D eigenvalue weighted by molar-refractivity contribution is 9.11. The summed E-state index contributed by atoms with van der Waals surface area (Å²) in [7, 11) is 1.16. The summed E-state index contributed by atoms with van der Waals surface area (Å²) in [6.07, 6.45) is 2.46. The third-order valence-corrected chi connectivity index (χ3v) is 6.12. The molecular weight excluding hydrogens is 682 g/mol. The van der Waals surface area contributed by atoms with Gasteiger partial charge in [0.25, 0.3) is 11.8 Å². The van der Waals surface area contributed by atoms with Crippen molar-refractivity contribution in [2.75, 3.05) is 12.4 Å². The highest BCUT2D eigenvalue weighted by atomic mass is 79.9. The van der Waals surface area contributed by atoms with E-state index in [9.17, 15) is 14.4 Å². The van der Waals surface area contributed by atoms with Crippen LogP contribution in [0.25, 0.3) is 5.82 Å². The number of anilines is 1. The maximum absolute atomic E-state index is 13.2. The van der Waals surface area contributed by atoms with Crippen LogP contribution in [0.5, 0.6) is 0 Å². The average Bonchev–Trinajstić information content (AvgIpc) is 3.15. The van der Waals surface area contributed by atoms with E-state index in [1.54, 1.807) is 41.2 Å². The smallest absolute Gasteiger partial charge is 0.425 e. The van der Waals surface area contributed by atoms with Gasteiger partial charge in [-0.2, -0.15) is 0 Å². The van der Waals surface area contributed by atoms with Gasteiger partial charge in [-0.3, -0.25) is 19.6 Å². The molecule has 3 aromatic rings. The zero-order chi connectivity index (χ0) is 23.4. The molecule has 0 aliphatic rings. The van der Waals surface area contributed by atoms with Crippen LogP contribution in [0.4, 0.5) is 10.5 Å². The van der Waals surface area contributed by atoms with E-state index in [-0.39, 0.29) is 16.9 Å². The predicted molar refractivity (Wildman–Crippen MR) is 132 cm³/mol. The van der Waals surface area contributed by atoms with Crippen LogP contribution in [-0.4, -0.2) is 34.6 Å². The molecule has 3 N–H and O–H groups in total. The molecule has 0 atom stereocenters. The number of amides is 3. The van der Waals surface area contributed by atoms with E-state index in [2.05, 4.69) is 89.6 Å². The van der Waals surface area contributed by atoms with Crippen LogP contribution in [0, 0.1) is 0 Å². The van der Waals surface area contributed by atoms with Gasteiger partial charge in [-0.05, 0) is 78.1 Å². The first-order chi connectivity index (χ1) is 15.2. The second kappa shape index (κ2) is 10.6. The van der Waals surface area contributed by atoms with E-state index in [0.717, 1.165) is 7.11 Å². The van der Waals surface area contributed by atoms with E-state index in [4.69, 9.17) is 0 Å². The van der Waals surface area contributed by atoms with Crippen molar-refractivity contribution in [3.05, 3.63) is 71.9 Å². The molecule has 2 aromatic heterocycles. The number of pyridine rings is 1. The monoisotopic (exact) mass is 691 g/mol. The molecule has 0 bridgehead atoms. The SMILES string of the molecule is COC(=O)NNC(=O)c1cc(Br)cc(Br)c1NC(=O)c1cc(Br)cn1-c1ncccc1Br. The van der Waals surface area contributed by atoms with Crippen LogP contribution >= 0.6 is 63.7 Å². The standard InChI is InChI=1S/C19H13Br4N5O4/c1-32-19(31)27-26-17(29)11-5-9(20)6-13(23)15(11)25-18(30)14-7-10(21)8-28(14)16-12(22)3-2-4-24-16/h2-8H,1H3,(H,25,30)(H,26,29)(H,27,31). The Balaban J connectivity index is 1.96. The van der Waals surface area contributed by atoms with Gasteiger partial charge >= 0.3 is 6.09 Å². The van der Waals surface area contributed by atoms with E-state index >= 15 is 0 Å². The van der Waals surface area contributed by atoms with Gasteiger partial charge in [-0.1, -0.05) is 15.9 Å². The number of carbonyl (C=O) groups is 3. The Morgan fingerprint density at radius 2 is 1.72 bits per heavy atom. The quantitative estimate of drug-likeness (QED) is 0.326. The summed E-state index contributed by atoms with van der Waals surface area (Å²) in [4.78, 5) is 41.4. The number of aromatic nitrogens is 2. The first-order valence-electron chi connectivity index (χ1n) is 8.64. The number of halogens is 4. The molecule has 0 radical (unpaired) electrons. The van der Waals surface area contributed by atoms with Crippen molar-refractivity contribution in [3.8, 4) is 5.82 Å². The number of methoxy groups -OCH3 is 1. The summed E-state index contributed by atoms with van der Waals surface area (Å²) in [5.74, 6) is -0.651. The van der Waals surface area contributed by atoms with E-state index in [0.29, 0.717) is 23.7 Å². The third-order valence-electron chi connectivity index (χ3n) is 3.99. The Labute approximate surface area is 215 Å². The first kappa shape index (κ1) is 24.4. The van der Waals surface area contributed by atoms with Gasteiger partial charge in [-0.25, -0.2) is 15.2 Å². The lowest BCUT2D eigenvalue weighted by Gasteiger charge is -2.15. The zero-order valence-corrected chi connectivity index (χ0v) is 22.4. The van der Waals surface area contributed by atoms with Crippen molar-refractivity contribution < 1.29 is 19.1 Å². The third kappa shape index (κ3) is 5.57. The lowest BCUT2D eigenvalue weighted by molar-refractivity contribution is 0.0921. The number of carbonyl (C=O) groups excluding carboxylic acids is 3. The molecule has 13 heteroatoms. The number of benzene rings is 1. The van der Waals surface area contributed by atoms with E-state index in [1.165, 1.54) is 6.07 Å². The zero-order valence-electron chi connectivity index (χ0n) is 16.1. The minimum atomic E-state index is -0.846. The van der Waals surface area contributed by atoms with Gasteiger partial charge in [0.05, 0.1) is 22.8 Å². The van der Waals surface area contributed by atoms with Crippen LogP contribution < -0.4 is 16.2 Å². The maximum atomic E-state index is 13.2. The van der Waals surface area contributed by atoms with Crippen LogP contribution in [0.1, 0.15) is 20.8 Å². The molecule has 0 aliphatic carbocycles. The Morgan fingerprint density at radius 1 is 0.969 bits per heavy atom. The Bertz CT molecular complexity index is 1210. The Kier molecular flexibility index (Phi) is 8.09. The largest absolute Gasteiger partial charge is 0.452 e. The molecule has 3 amide bonds. The number of ether oxygens (including phenoxy) is 1. The normalized spacial score (nSPS) is 10.4. The first-order valence-corrected chi connectivity index (χ1v) is 11.8. The summed E-state index contributed by atoms with van der Waals surface area (Å²) in [6, 6.07) is 8.36. The van der Waals surface area contributed by atoms with Crippen LogP contribution in [0.3, 0.4) is 0 Å². The molecule has 166 valence electrons. The van der Waals surface area contributed by atoms with Crippen molar-refractivity contribution in [2.45, 2.75) is 0 Å². The van der Waals surface area contributed by atoms with E-state index in [1.807, 2.05) is 0 Å². The molecule has 0 aliphatic heterocycles. The van der Waals surface area contributed by atoms with Crippen LogP contribution in [-0.2, 0) is 4.74 Å². The van der Waals surface area contributed by atoms with E-state index < -0.39 is 17.9 Å². The fraction of sp³-hybridized carbons (Fsp3) is 0.0526. The molecule has 9 nitrogen and oxygen atoms in total. The number of nitrogens with one attached hydrogen (secondary N) is 3. The van der Waals surface area contributed by atoms with Gasteiger partial charge in [0.1, 0.15) is 5.69 Å². The number of rotatable bonds is 4. The summed E-state index contributed by atoms with van der Waals surface area (Å²) >= 11 is 13.5. The fourth-order valence-electron chi connectivity index (χ4n) is 2.62. The maximum Gasteiger partial charge on any atom is 0.425 e. The minimum absolute atomic E-state index is 0.0900. The highest BCUT2D eigenvalue weighted by Gasteiger charge is 2.22. The molecular formula is C19H13Br4N5O4. The molecule has 0 saturated heterocycles. The highest BCUT2D eigenvalue weighted by Crippen LogP contribution is 2.32. The second-order valence-corrected chi connectivity index (χ2v) is 9.60. The second-order valence-electron chi connectivity index (χ2n) is 6.06. The fourth-order valence-corrected chi connectivity index (χ4v) is 4.81. The van der Waals surface area contributed by atoms with Crippen LogP contribution in [0.2, 0.25) is 0 Å². The van der Waals surface area contributed by atoms with Crippen molar-refractivity contribution >= 4 is 87.3 Å². The number of nitrogens with zero attached hydrogens (tertiary/aromatic N) is 2. The predicted octanol–water partition coefficient (Wildman–Crippen LogP) is 5.18. The topological polar surface area (TPSA) is 114 Å². The average molecular weight is 695 g/mol. The Morgan fingerprint density at radius 3 is 2.41 bits per heavy atom. The molecule has 0 saturated carbocycles. The van der Waals surface area contributed by atoms with Crippen LogP contribution in [0.15, 0.2) is 60.6 Å². The summed E-state index contributed by atoms with van der Waals surface area (Å²) < 4.78 is 8.41. The van der Waals surface area contributed by atoms with Gasteiger partial charge in [0.2, 0.25) is 0 Å². The summed E-state index contributed by atoms with van der Waals surface area (Å²) in [5, 5.41) is 2.75. The molecule has 32 heavy (non-hydrogen) atoms. The Hall–Kier alpha value is -2.22. The van der Waals surface area contributed by atoms with Crippen molar-refractivity contribution in [3.63, 3.8) is 0 Å². The van der Waals surface area contributed by atoms with Gasteiger partial charge in [0, 0.05) is 25.8 Å². The molecule has 0 spiro atoms. The summed E-state index contributed by atoms with van der Waals surface area (Å²) in [6.45, 7) is 0. The molecule has 0 unspecified atom stereocenters. The summed E-state index contributed by atoms with van der Waals surface area (Å²) in [5.41, 5.74) is 4.87. The van der Waals surface area contributed by atoms with Crippen molar-refractivity contribution in [1.82, 2.24) is 20.4 Å². The number of hydrogen-bond acceptors (Lipinski definition) is 5. The van der Waals surface area contributed by atoms with Crippen molar-refractivity contribution in [1.29, 1.82) is 0 Å². The molecule has 0 fully saturated rings. The van der Waals surface area contributed by atoms with Gasteiger partial charge in [0.15, 0.2) is 5.82 Å². The number of hydrogen-bond donors (Lipinski definition) is 3. The lowest BCUT2D eigenvalue weighted by Crippen LogP contribution is -2.41. The number of hydrazine groups is 1. The minimum Gasteiger partial charge on any atom is -0.452 e. The molecule has 3 rings (SSSR count). The van der Waals surface area contributed by atoms with Crippen molar-refractivity contribution in [2.24, 2.45) is 0 Å². The molecule has 1 aromatic carbocycles. The lowest BCUT2D eigenvalue weighted by atomic mass is 10.1. The molecule has 2 heterocycles. The van der Waals surface area contributed by atoms with Gasteiger partial charge in [-0.15, -0.1) is 0 Å².